The van der Waals surface area contributed by atoms with Gasteiger partial charge in [0.15, 0.2) is 0 Å². The van der Waals surface area contributed by atoms with Crippen LogP contribution in [0.25, 0.3) is 0 Å². The van der Waals surface area contributed by atoms with Crippen molar-refractivity contribution in [2.75, 3.05) is 12.3 Å². The van der Waals surface area contributed by atoms with Gasteiger partial charge >= 0.3 is 0 Å². The molecule has 0 heterocycles. The van der Waals surface area contributed by atoms with E-state index in [-0.39, 0.29) is 11.8 Å². The molecule has 162 valence electrons. The molecule has 0 spiro atoms. The number of carbonyl (C=O) groups is 2. The van der Waals surface area contributed by atoms with Crippen molar-refractivity contribution in [2.24, 2.45) is 5.92 Å². The third-order valence-electron chi connectivity index (χ3n) is 4.89. The van der Waals surface area contributed by atoms with Crippen molar-refractivity contribution < 1.29 is 9.59 Å². The van der Waals surface area contributed by atoms with Crippen molar-refractivity contribution >= 4 is 23.6 Å². The molecule has 30 heavy (non-hydrogen) atoms. The minimum atomic E-state index is -0.513. The summed E-state index contributed by atoms with van der Waals surface area (Å²) in [5.74, 6) is 0.958. The van der Waals surface area contributed by atoms with Crippen LogP contribution in [-0.2, 0) is 16.1 Å². The van der Waals surface area contributed by atoms with Crippen LogP contribution in [0.5, 0.6) is 0 Å². The number of rotatable bonds is 10. The maximum absolute atomic E-state index is 13.1. The average Bonchev–Trinajstić information content (AvgIpc) is 2.71. The van der Waals surface area contributed by atoms with Gasteiger partial charge in [-0.1, -0.05) is 61.4 Å². The summed E-state index contributed by atoms with van der Waals surface area (Å²) in [6.07, 6.45) is 0.395. The van der Waals surface area contributed by atoms with Crippen LogP contribution in [0.4, 0.5) is 0 Å². The highest BCUT2D eigenvalue weighted by atomic mass is 32.2. The molecule has 2 aromatic rings. The molecule has 0 fully saturated rings. The predicted octanol–water partition coefficient (Wildman–Crippen LogP) is 4.98. The Bertz CT molecular complexity index is 833. The number of nitrogens with zero attached hydrogens (tertiary/aromatic N) is 1. The van der Waals surface area contributed by atoms with Crippen molar-refractivity contribution in [2.45, 2.75) is 58.5 Å². The third kappa shape index (κ3) is 7.86. The molecule has 2 rings (SSSR count). The Morgan fingerprint density at radius 3 is 2.33 bits per heavy atom. The molecule has 0 saturated carbocycles. The SMILES string of the molecule is Cc1ccc(SCCC(=O)N(Cc2cccc(C)c2)[C@@H](C)C(=O)NCC(C)C)cc1. The summed E-state index contributed by atoms with van der Waals surface area (Å²) in [5, 5.41) is 2.96. The number of nitrogens with one attached hydrogen (secondary N) is 1. The molecule has 0 aromatic heterocycles. The van der Waals surface area contributed by atoms with Crippen molar-refractivity contribution in [1.82, 2.24) is 10.2 Å². The number of hydrogen-bond acceptors (Lipinski definition) is 3. The first-order chi connectivity index (χ1) is 14.3. The van der Waals surface area contributed by atoms with Crippen LogP contribution in [-0.4, -0.2) is 35.1 Å². The van der Waals surface area contributed by atoms with Gasteiger partial charge in [0.05, 0.1) is 0 Å². The smallest absolute Gasteiger partial charge is 0.242 e. The summed E-state index contributed by atoms with van der Waals surface area (Å²) in [5.41, 5.74) is 3.41. The van der Waals surface area contributed by atoms with E-state index in [0.29, 0.717) is 31.2 Å². The maximum atomic E-state index is 13.1. The van der Waals surface area contributed by atoms with E-state index in [1.165, 1.54) is 5.56 Å². The van der Waals surface area contributed by atoms with E-state index < -0.39 is 6.04 Å². The van der Waals surface area contributed by atoms with Crippen molar-refractivity contribution in [3.8, 4) is 0 Å². The van der Waals surface area contributed by atoms with Gasteiger partial charge in [0.1, 0.15) is 6.04 Å². The normalized spacial score (nSPS) is 11.9. The van der Waals surface area contributed by atoms with Crippen molar-refractivity contribution in [1.29, 1.82) is 0 Å². The minimum Gasteiger partial charge on any atom is -0.354 e. The summed E-state index contributed by atoms with van der Waals surface area (Å²) < 4.78 is 0. The van der Waals surface area contributed by atoms with E-state index in [0.717, 1.165) is 16.0 Å². The summed E-state index contributed by atoms with van der Waals surface area (Å²) in [4.78, 5) is 28.6. The topological polar surface area (TPSA) is 49.4 Å². The van der Waals surface area contributed by atoms with E-state index in [9.17, 15) is 9.59 Å². The highest BCUT2D eigenvalue weighted by Gasteiger charge is 2.25. The average molecular weight is 427 g/mol. The second-order valence-electron chi connectivity index (χ2n) is 8.24. The van der Waals surface area contributed by atoms with Crippen LogP contribution in [0.1, 0.15) is 43.9 Å². The maximum Gasteiger partial charge on any atom is 0.242 e. The van der Waals surface area contributed by atoms with Gasteiger partial charge < -0.3 is 10.2 Å². The van der Waals surface area contributed by atoms with Crippen molar-refractivity contribution in [3.63, 3.8) is 0 Å². The van der Waals surface area contributed by atoms with Gasteiger partial charge in [-0.2, -0.15) is 0 Å². The fourth-order valence-electron chi connectivity index (χ4n) is 3.08. The summed E-state index contributed by atoms with van der Waals surface area (Å²) in [6.45, 7) is 11.1. The van der Waals surface area contributed by atoms with Gasteiger partial charge in [-0.25, -0.2) is 0 Å². The highest BCUT2D eigenvalue weighted by molar-refractivity contribution is 7.99. The molecule has 2 amide bonds. The lowest BCUT2D eigenvalue weighted by Gasteiger charge is -2.29. The lowest BCUT2D eigenvalue weighted by Crippen LogP contribution is -2.48. The Balaban J connectivity index is 2.05. The van der Waals surface area contributed by atoms with Crippen LogP contribution in [0.2, 0.25) is 0 Å². The zero-order valence-electron chi connectivity index (χ0n) is 18.8. The van der Waals surface area contributed by atoms with Crippen LogP contribution in [0.15, 0.2) is 53.4 Å². The Morgan fingerprint density at radius 1 is 1.00 bits per heavy atom. The molecular weight excluding hydrogens is 392 g/mol. The fourth-order valence-corrected chi connectivity index (χ4v) is 3.92. The van der Waals surface area contributed by atoms with E-state index >= 15 is 0 Å². The number of thioether (sulfide) groups is 1. The van der Waals surface area contributed by atoms with E-state index in [4.69, 9.17) is 0 Å². The first-order valence-electron chi connectivity index (χ1n) is 10.6. The Hall–Kier alpha value is -2.27. The molecule has 0 unspecified atom stereocenters. The molecule has 0 saturated heterocycles. The quantitative estimate of drug-likeness (QED) is 0.546. The fraction of sp³-hybridized carbons (Fsp3) is 0.440. The molecule has 0 aliphatic rings. The molecular formula is C25H34N2O2S. The molecule has 1 atom stereocenters. The van der Waals surface area contributed by atoms with Crippen molar-refractivity contribution in [3.05, 3.63) is 65.2 Å². The molecule has 2 aromatic carbocycles. The number of hydrogen-bond donors (Lipinski definition) is 1. The van der Waals surface area contributed by atoms with Gasteiger partial charge in [-0.3, -0.25) is 9.59 Å². The molecule has 1 N–H and O–H groups in total. The Morgan fingerprint density at radius 2 is 1.70 bits per heavy atom. The molecule has 0 radical (unpaired) electrons. The van der Waals surface area contributed by atoms with E-state index in [1.54, 1.807) is 16.7 Å². The monoisotopic (exact) mass is 426 g/mol. The summed E-state index contributed by atoms with van der Waals surface area (Å²) in [7, 11) is 0. The minimum absolute atomic E-state index is 0.00307. The first-order valence-corrected chi connectivity index (χ1v) is 11.6. The second-order valence-corrected chi connectivity index (χ2v) is 9.41. The lowest BCUT2D eigenvalue weighted by atomic mass is 10.1. The first kappa shape index (κ1) is 24.0. The zero-order valence-corrected chi connectivity index (χ0v) is 19.6. The predicted molar refractivity (Wildman–Crippen MR) is 126 cm³/mol. The van der Waals surface area contributed by atoms with Gasteiger partial charge in [-0.15, -0.1) is 11.8 Å². The Kier molecular flexibility index (Phi) is 9.44. The van der Waals surface area contributed by atoms with Gasteiger partial charge in [0, 0.05) is 30.2 Å². The van der Waals surface area contributed by atoms with Crippen LogP contribution in [0, 0.1) is 19.8 Å². The van der Waals surface area contributed by atoms with Crippen LogP contribution >= 0.6 is 11.8 Å². The number of carbonyl (C=O) groups excluding carboxylic acids is 2. The molecule has 4 nitrogen and oxygen atoms in total. The molecule has 0 bridgehead atoms. The highest BCUT2D eigenvalue weighted by Crippen LogP contribution is 2.20. The second kappa shape index (κ2) is 11.8. The Labute approximate surface area is 185 Å². The summed E-state index contributed by atoms with van der Waals surface area (Å²) in [6, 6.07) is 15.9. The van der Waals surface area contributed by atoms with Gasteiger partial charge in [0.2, 0.25) is 11.8 Å². The van der Waals surface area contributed by atoms with E-state index in [1.807, 2.05) is 32.0 Å². The molecule has 0 aliphatic heterocycles. The molecule has 5 heteroatoms. The largest absolute Gasteiger partial charge is 0.354 e. The third-order valence-corrected chi connectivity index (χ3v) is 5.91. The standard InChI is InChI=1S/C25H34N2O2S/c1-18(2)16-26-25(29)21(5)27(17-22-8-6-7-20(4)15-22)24(28)13-14-30-23-11-9-19(3)10-12-23/h6-12,15,18,21H,13-14,16-17H2,1-5H3,(H,26,29)/t21-/m0/s1. The van der Waals surface area contributed by atoms with Crippen LogP contribution < -0.4 is 5.32 Å². The number of amides is 2. The molecule has 0 aliphatic carbocycles. The summed E-state index contributed by atoms with van der Waals surface area (Å²) >= 11 is 1.67. The van der Waals surface area contributed by atoms with Gasteiger partial charge in [0.25, 0.3) is 0 Å². The lowest BCUT2D eigenvalue weighted by molar-refractivity contribution is -0.140. The zero-order chi connectivity index (χ0) is 22.1. The van der Waals surface area contributed by atoms with E-state index in [2.05, 4.69) is 56.4 Å². The van der Waals surface area contributed by atoms with Crippen LogP contribution in [0.3, 0.4) is 0 Å². The van der Waals surface area contributed by atoms with Gasteiger partial charge in [-0.05, 0) is 44.4 Å². The number of benzene rings is 2. The number of aryl methyl sites for hydroxylation is 2.